The van der Waals surface area contributed by atoms with Crippen LogP contribution in [0.2, 0.25) is 0 Å². The molecule has 1 N–H and O–H groups in total. The van der Waals surface area contributed by atoms with Crippen molar-refractivity contribution < 1.29 is 9.28 Å². The number of nitrogens with zero attached hydrogens (tertiary/aromatic N) is 1. The molecule has 0 radical (unpaired) electrons. The van der Waals surface area contributed by atoms with Crippen molar-refractivity contribution in [2.75, 3.05) is 32.7 Å². The Morgan fingerprint density at radius 2 is 1.16 bits per heavy atom. The lowest BCUT2D eigenvalue weighted by molar-refractivity contribution is -0.929. The topological polar surface area (TPSA) is 29.1 Å². The molecule has 0 aromatic heterocycles. The molecule has 1 saturated heterocycles. The van der Waals surface area contributed by atoms with Crippen LogP contribution in [0.1, 0.15) is 105 Å². The number of amides is 1. The minimum Gasteiger partial charge on any atom is -0.356 e. The third-order valence-electron chi connectivity index (χ3n) is 5.35. The van der Waals surface area contributed by atoms with Gasteiger partial charge >= 0.3 is 0 Å². The van der Waals surface area contributed by atoms with Crippen molar-refractivity contribution in [1.29, 1.82) is 0 Å². The van der Waals surface area contributed by atoms with Crippen LogP contribution in [0, 0.1) is 0 Å². The highest BCUT2D eigenvalue weighted by Crippen LogP contribution is 2.16. The molecule has 3 heteroatoms. The van der Waals surface area contributed by atoms with E-state index in [9.17, 15) is 4.79 Å². The van der Waals surface area contributed by atoms with Crippen LogP contribution in [-0.4, -0.2) is 43.1 Å². The van der Waals surface area contributed by atoms with Crippen molar-refractivity contribution in [2.45, 2.75) is 105 Å². The average Bonchev–Trinajstić information content (AvgIpc) is 2.88. The van der Waals surface area contributed by atoms with Gasteiger partial charge in [0.15, 0.2) is 0 Å². The lowest BCUT2D eigenvalue weighted by Crippen LogP contribution is -2.50. The lowest BCUT2D eigenvalue weighted by Gasteiger charge is -2.39. The maximum atomic E-state index is 10.6. The van der Waals surface area contributed by atoms with Gasteiger partial charge in [0, 0.05) is 13.0 Å². The van der Waals surface area contributed by atoms with Gasteiger partial charge in [-0.25, -0.2) is 0 Å². The number of unbranched alkanes of at least 4 members (excludes halogenated alkanes) is 4. The predicted octanol–water partition coefficient (Wildman–Crippen LogP) is 5.68. The normalized spacial score (nSPS) is 15.1. The number of carbonyl (C=O) groups excluding carboxylic acids is 1. The van der Waals surface area contributed by atoms with Crippen LogP contribution >= 0.6 is 0 Å². The minimum absolute atomic E-state index is 0.225. The van der Waals surface area contributed by atoms with Gasteiger partial charge in [-0.05, 0) is 38.5 Å². The summed E-state index contributed by atoms with van der Waals surface area (Å²) < 4.78 is 1.42. The van der Waals surface area contributed by atoms with Crippen LogP contribution in [0.3, 0.4) is 0 Å². The van der Waals surface area contributed by atoms with Crippen LogP contribution < -0.4 is 5.32 Å². The second-order valence-corrected chi connectivity index (χ2v) is 7.81. The first-order valence-corrected chi connectivity index (χ1v) is 11.3. The summed E-state index contributed by atoms with van der Waals surface area (Å²) in [5, 5.41) is 2.81. The fourth-order valence-electron chi connectivity index (χ4n) is 3.55. The molecule has 1 amide bonds. The van der Waals surface area contributed by atoms with Gasteiger partial charge in [-0.15, -0.1) is 0 Å². The van der Waals surface area contributed by atoms with Gasteiger partial charge in [-0.2, -0.15) is 0 Å². The van der Waals surface area contributed by atoms with Crippen LogP contribution in [0.5, 0.6) is 0 Å². The van der Waals surface area contributed by atoms with E-state index in [0.29, 0.717) is 0 Å². The fourth-order valence-corrected chi connectivity index (χ4v) is 3.55. The first-order valence-electron chi connectivity index (χ1n) is 11.3. The molecule has 0 saturated carbocycles. The minimum atomic E-state index is 0.225. The number of rotatable bonds is 12. The number of carbonyl (C=O) groups is 1. The van der Waals surface area contributed by atoms with Crippen molar-refractivity contribution in [1.82, 2.24) is 5.32 Å². The number of nitrogens with one attached hydrogen (secondary N) is 1. The van der Waals surface area contributed by atoms with Crippen LogP contribution in [0.15, 0.2) is 0 Å². The fraction of sp³-hybridized carbons (Fsp3) is 0.955. The molecule has 25 heavy (non-hydrogen) atoms. The summed E-state index contributed by atoms with van der Waals surface area (Å²) in [5.41, 5.74) is 0. The van der Waals surface area contributed by atoms with Gasteiger partial charge in [0.05, 0.1) is 26.2 Å². The molecule has 1 aliphatic heterocycles. The molecule has 1 heterocycles. The van der Waals surface area contributed by atoms with Gasteiger partial charge in [0.2, 0.25) is 5.91 Å². The zero-order valence-electron chi connectivity index (χ0n) is 17.9. The summed E-state index contributed by atoms with van der Waals surface area (Å²) in [6.45, 7) is 15.9. The van der Waals surface area contributed by atoms with Gasteiger partial charge in [0.1, 0.15) is 0 Å². The first-order chi connectivity index (χ1) is 12.1. The van der Waals surface area contributed by atoms with E-state index in [-0.39, 0.29) is 5.91 Å². The maximum absolute atomic E-state index is 10.6. The van der Waals surface area contributed by atoms with Gasteiger partial charge in [-0.3, -0.25) is 4.79 Å². The van der Waals surface area contributed by atoms with E-state index in [4.69, 9.17) is 0 Å². The average molecular weight is 356 g/mol. The quantitative estimate of drug-likeness (QED) is 0.448. The molecular formula is C22H47N2O+. The Balaban J connectivity index is 0.000000593. The Morgan fingerprint density at radius 1 is 0.720 bits per heavy atom. The molecule has 0 aliphatic carbocycles. The summed E-state index contributed by atoms with van der Waals surface area (Å²) in [6, 6.07) is 0. The Bertz CT molecular complexity index is 257. The summed E-state index contributed by atoms with van der Waals surface area (Å²) in [6.07, 6.45) is 15.2. The van der Waals surface area contributed by atoms with Crippen LogP contribution in [0.25, 0.3) is 0 Å². The molecule has 1 fully saturated rings. The van der Waals surface area contributed by atoms with Crippen LogP contribution in [0.4, 0.5) is 0 Å². The van der Waals surface area contributed by atoms with Crippen LogP contribution in [-0.2, 0) is 4.79 Å². The van der Waals surface area contributed by atoms with Crippen molar-refractivity contribution >= 4 is 5.91 Å². The van der Waals surface area contributed by atoms with E-state index in [2.05, 4.69) is 33.0 Å². The van der Waals surface area contributed by atoms with Crippen molar-refractivity contribution in [3.63, 3.8) is 0 Å². The molecule has 3 nitrogen and oxygen atoms in total. The molecule has 0 bridgehead atoms. The van der Waals surface area contributed by atoms with Crippen molar-refractivity contribution in [3.8, 4) is 0 Å². The molecule has 1 aliphatic rings. The molecular weight excluding hydrogens is 308 g/mol. The molecule has 0 atom stereocenters. The highest BCUT2D eigenvalue weighted by Gasteiger charge is 2.24. The second kappa shape index (κ2) is 16.9. The molecule has 0 aromatic rings. The largest absolute Gasteiger partial charge is 0.356 e. The van der Waals surface area contributed by atoms with Crippen molar-refractivity contribution in [2.24, 2.45) is 0 Å². The third kappa shape index (κ3) is 13.3. The first kappa shape index (κ1) is 24.4. The van der Waals surface area contributed by atoms with Gasteiger partial charge < -0.3 is 9.80 Å². The zero-order chi connectivity index (χ0) is 18.8. The van der Waals surface area contributed by atoms with E-state index in [1.165, 1.54) is 88.4 Å². The van der Waals surface area contributed by atoms with Gasteiger partial charge in [-0.1, -0.05) is 59.8 Å². The number of quaternary nitrogens is 1. The molecule has 0 aromatic carbocycles. The highest BCUT2D eigenvalue weighted by molar-refractivity contribution is 5.75. The molecule has 1 rings (SSSR count). The maximum Gasteiger partial charge on any atom is 0.219 e. The third-order valence-corrected chi connectivity index (χ3v) is 5.35. The summed E-state index contributed by atoms with van der Waals surface area (Å²) in [5.74, 6) is 0.225. The monoisotopic (exact) mass is 355 g/mol. The molecule has 150 valence electrons. The standard InChI is InChI=1S/C16H36N.C6H11NO/c1-5-9-13-17(14-10-6-2,15-11-7-3)16-12-8-4;8-6-4-2-1-3-5-7-6/h5-16H2,1-4H3;1-5H2,(H,7,8)/q+1;. The second-order valence-electron chi connectivity index (χ2n) is 7.81. The lowest BCUT2D eigenvalue weighted by atomic mass is 10.1. The SMILES string of the molecule is CCCC[N+](CCCC)(CCCC)CCCC.O=C1CCCCCN1. The van der Waals surface area contributed by atoms with E-state index in [0.717, 1.165) is 25.8 Å². The Kier molecular flexibility index (Phi) is 16.5. The smallest absolute Gasteiger partial charge is 0.219 e. The molecule has 0 spiro atoms. The Hall–Kier alpha value is -0.570. The van der Waals surface area contributed by atoms with E-state index >= 15 is 0 Å². The zero-order valence-corrected chi connectivity index (χ0v) is 17.9. The Labute approximate surface area is 158 Å². The highest BCUT2D eigenvalue weighted by atomic mass is 16.1. The van der Waals surface area contributed by atoms with Crippen molar-refractivity contribution in [3.05, 3.63) is 0 Å². The molecule has 0 unspecified atom stereocenters. The predicted molar refractivity (Wildman–Crippen MR) is 111 cm³/mol. The van der Waals surface area contributed by atoms with E-state index < -0.39 is 0 Å². The Morgan fingerprint density at radius 3 is 1.56 bits per heavy atom. The summed E-state index contributed by atoms with van der Waals surface area (Å²) >= 11 is 0. The van der Waals surface area contributed by atoms with E-state index in [1.807, 2.05) is 0 Å². The van der Waals surface area contributed by atoms with E-state index in [1.54, 1.807) is 0 Å². The number of hydrogen-bond donors (Lipinski definition) is 1. The number of hydrogen-bond acceptors (Lipinski definition) is 1. The summed E-state index contributed by atoms with van der Waals surface area (Å²) in [7, 11) is 0. The van der Waals surface area contributed by atoms with Gasteiger partial charge in [0.25, 0.3) is 0 Å². The summed E-state index contributed by atoms with van der Waals surface area (Å²) in [4.78, 5) is 10.6.